The number of benzene rings is 1. The van der Waals surface area contributed by atoms with Crippen molar-refractivity contribution < 1.29 is 5.11 Å². The Morgan fingerprint density at radius 1 is 1.47 bits per heavy atom. The SMILES string of the molecule is CCCN1CCC2(C)c3cc(O)ccc3CC12. The highest BCUT2D eigenvalue weighted by Gasteiger charge is 2.49. The topological polar surface area (TPSA) is 23.5 Å². The van der Waals surface area contributed by atoms with Gasteiger partial charge in [0.25, 0.3) is 0 Å². The normalized spacial score (nSPS) is 31.5. The Hall–Kier alpha value is -1.02. The fourth-order valence-corrected chi connectivity index (χ4v) is 3.81. The highest BCUT2D eigenvalue weighted by Crippen LogP contribution is 2.48. The summed E-state index contributed by atoms with van der Waals surface area (Å²) in [5, 5.41) is 9.69. The van der Waals surface area contributed by atoms with E-state index in [2.05, 4.69) is 24.8 Å². The van der Waals surface area contributed by atoms with E-state index >= 15 is 0 Å². The number of phenolic OH excluding ortho intramolecular Hbond substituents is 1. The molecular weight excluding hydrogens is 210 g/mol. The Balaban J connectivity index is 1.99. The Bertz CT molecular complexity index is 443. The monoisotopic (exact) mass is 231 g/mol. The van der Waals surface area contributed by atoms with Crippen LogP contribution in [-0.2, 0) is 11.8 Å². The molecule has 3 rings (SSSR count). The van der Waals surface area contributed by atoms with E-state index in [1.807, 2.05) is 12.1 Å². The Morgan fingerprint density at radius 3 is 3.06 bits per heavy atom. The summed E-state index contributed by atoms with van der Waals surface area (Å²) >= 11 is 0. The van der Waals surface area contributed by atoms with E-state index in [1.165, 1.54) is 37.1 Å². The molecule has 0 radical (unpaired) electrons. The molecule has 1 aromatic carbocycles. The van der Waals surface area contributed by atoms with E-state index in [0.717, 1.165) is 6.42 Å². The first kappa shape index (κ1) is 11.1. The smallest absolute Gasteiger partial charge is 0.115 e. The van der Waals surface area contributed by atoms with E-state index in [-0.39, 0.29) is 5.41 Å². The maximum atomic E-state index is 9.69. The van der Waals surface area contributed by atoms with Gasteiger partial charge in [-0.15, -0.1) is 0 Å². The zero-order valence-electron chi connectivity index (χ0n) is 10.7. The van der Waals surface area contributed by atoms with Gasteiger partial charge in [0.15, 0.2) is 0 Å². The van der Waals surface area contributed by atoms with Crippen molar-refractivity contribution in [2.75, 3.05) is 13.1 Å². The highest BCUT2D eigenvalue weighted by molar-refractivity contribution is 5.47. The van der Waals surface area contributed by atoms with Crippen LogP contribution < -0.4 is 0 Å². The largest absolute Gasteiger partial charge is 0.508 e. The van der Waals surface area contributed by atoms with Gasteiger partial charge in [0, 0.05) is 11.5 Å². The average Bonchev–Trinajstić information content (AvgIpc) is 2.75. The third-order valence-corrected chi connectivity index (χ3v) is 4.73. The summed E-state index contributed by atoms with van der Waals surface area (Å²) in [6.45, 7) is 7.05. The lowest BCUT2D eigenvalue weighted by Gasteiger charge is -2.29. The maximum Gasteiger partial charge on any atom is 0.115 e. The molecule has 1 heterocycles. The predicted molar refractivity (Wildman–Crippen MR) is 69.4 cm³/mol. The number of hydrogen-bond acceptors (Lipinski definition) is 2. The van der Waals surface area contributed by atoms with E-state index in [4.69, 9.17) is 0 Å². The van der Waals surface area contributed by atoms with E-state index < -0.39 is 0 Å². The van der Waals surface area contributed by atoms with Gasteiger partial charge in [-0.1, -0.05) is 19.9 Å². The van der Waals surface area contributed by atoms with Crippen molar-refractivity contribution in [3.05, 3.63) is 29.3 Å². The van der Waals surface area contributed by atoms with Gasteiger partial charge in [-0.3, -0.25) is 4.90 Å². The first-order valence-corrected chi connectivity index (χ1v) is 6.71. The summed E-state index contributed by atoms with van der Waals surface area (Å²) in [5.74, 6) is 0.416. The van der Waals surface area contributed by atoms with Crippen LogP contribution in [0, 0.1) is 0 Å². The lowest BCUT2D eigenvalue weighted by Crippen LogP contribution is -2.38. The van der Waals surface area contributed by atoms with Crippen molar-refractivity contribution in [3.63, 3.8) is 0 Å². The van der Waals surface area contributed by atoms with Gasteiger partial charge in [0.05, 0.1) is 0 Å². The zero-order valence-corrected chi connectivity index (χ0v) is 10.7. The number of fused-ring (bicyclic) bond motifs is 3. The summed E-state index contributed by atoms with van der Waals surface area (Å²) in [5.41, 5.74) is 3.10. The zero-order chi connectivity index (χ0) is 12.0. The lowest BCUT2D eigenvalue weighted by atomic mass is 9.80. The summed E-state index contributed by atoms with van der Waals surface area (Å²) < 4.78 is 0. The first-order chi connectivity index (χ1) is 8.15. The number of nitrogens with zero attached hydrogens (tertiary/aromatic N) is 1. The molecule has 92 valence electrons. The van der Waals surface area contributed by atoms with Crippen LogP contribution in [0.4, 0.5) is 0 Å². The van der Waals surface area contributed by atoms with Crippen molar-refractivity contribution in [3.8, 4) is 5.75 Å². The molecule has 1 fully saturated rings. The van der Waals surface area contributed by atoms with Crippen molar-refractivity contribution in [1.82, 2.24) is 4.90 Å². The highest BCUT2D eigenvalue weighted by atomic mass is 16.3. The van der Waals surface area contributed by atoms with Crippen molar-refractivity contribution in [2.24, 2.45) is 0 Å². The van der Waals surface area contributed by atoms with Crippen LogP contribution in [-0.4, -0.2) is 29.1 Å². The number of likely N-dealkylation sites (tertiary alicyclic amines) is 1. The van der Waals surface area contributed by atoms with Crippen molar-refractivity contribution >= 4 is 0 Å². The number of rotatable bonds is 2. The summed E-state index contributed by atoms with van der Waals surface area (Å²) in [6, 6.07) is 6.58. The average molecular weight is 231 g/mol. The van der Waals surface area contributed by atoms with Crippen molar-refractivity contribution in [2.45, 2.75) is 44.6 Å². The van der Waals surface area contributed by atoms with Gasteiger partial charge in [-0.25, -0.2) is 0 Å². The predicted octanol–water partition coefficient (Wildman–Crippen LogP) is 2.69. The molecular formula is C15H21NO. The molecule has 1 N–H and O–H groups in total. The van der Waals surface area contributed by atoms with Crippen LogP contribution in [0.3, 0.4) is 0 Å². The number of phenols is 1. The van der Waals surface area contributed by atoms with E-state index in [0.29, 0.717) is 11.8 Å². The van der Waals surface area contributed by atoms with Crippen LogP contribution in [0.2, 0.25) is 0 Å². The summed E-state index contributed by atoms with van der Waals surface area (Å²) in [4.78, 5) is 2.64. The van der Waals surface area contributed by atoms with Crippen LogP contribution in [0.15, 0.2) is 18.2 Å². The van der Waals surface area contributed by atoms with Gasteiger partial charge >= 0.3 is 0 Å². The van der Waals surface area contributed by atoms with Crippen LogP contribution in [0.5, 0.6) is 5.75 Å². The molecule has 0 saturated carbocycles. The molecule has 17 heavy (non-hydrogen) atoms. The molecule has 2 atom stereocenters. The molecule has 1 saturated heterocycles. The second-order valence-corrected chi connectivity index (χ2v) is 5.76. The fourth-order valence-electron chi connectivity index (χ4n) is 3.81. The third kappa shape index (κ3) is 1.50. The molecule has 0 spiro atoms. The number of aromatic hydroxyl groups is 1. The second kappa shape index (κ2) is 3.74. The molecule has 1 aromatic rings. The van der Waals surface area contributed by atoms with Gasteiger partial charge in [-0.2, -0.15) is 0 Å². The molecule has 0 bridgehead atoms. The minimum Gasteiger partial charge on any atom is -0.508 e. The fraction of sp³-hybridized carbons (Fsp3) is 0.600. The minimum absolute atomic E-state index is 0.267. The van der Waals surface area contributed by atoms with E-state index in [1.54, 1.807) is 0 Å². The van der Waals surface area contributed by atoms with Gasteiger partial charge in [0.2, 0.25) is 0 Å². The molecule has 0 amide bonds. The molecule has 2 nitrogen and oxygen atoms in total. The molecule has 0 aromatic heterocycles. The van der Waals surface area contributed by atoms with Crippen LogP contribution >= 0.6 is 0 Å². The van der Waals surface area contributed by atoms with Gasteiger partial charge < -0.3 is 5.11 Å². The standard InChI is InChI=1S/C15H21NO/c1-3-7-16-8-6-15(2)13-10-12(17)5-4-11(13)9-14(15)16/h4-5,10,14,17H,3,6-9H2,1-2H3. The third-order valence-electron chi connectivity index (χ3n) is 4.73. The van der Waals surface area contributed by atoms with Crippen LogP contribution in [0.25, 0.3) is 0 Å². The van der Waals surface area contributed by atoms with E-state index in [9.17, 15) is 5.11 Å². The van der Waals surface area contributed by atoms with Gasteiger partial charge in [0.1, 0.15) is 5.75 Å². The Morgan fingerprint density at radius 2 is 2.29 bits per heavy atom. The Labute approximate surface area is 103 Å². The van der Waals surface area contributed by atoms with Crippen LogP contribution in [0.1, 0.15) is 37.8 Å². The summed E-state index contributed by atoms with van der Waals surface area (Å²) in [7, 11) is 0. The first-order valence-electron chi connectivity index (χ1n) is 6.71. The molecule has 2 aliphatic rings. The van der Waals surface area contributed by atoms with Crippen molar-refractivity contribution in [1.29, 1.82) is 0 Å². The molecule has 2 heteroatoms. The minimum atomic E-state index is 0.267. The molecule has 1 aliphatic heterocycles. The second-order valence-electron chi connectivity index (χ2n) is 5.76. The Kier molecular flexibility index (Phi) is 2.44. The molecule has 1 aliphatic carbocycles. The van der Waals surface area contributed by atoms with Gasteiger partial charge in [-0.05, 0) is 55.6 Å². The summed E-state index contributed by atoms with van der Waals surface area (Å²) in [6.07, 6.45) is 3.62. The number of hydrogen-bond donors (Lipinski definition) is 1. The lowest BCUT2D eigenvalue weighted by molar-refractivity contribution is 0.226. The quantitative estimate of drug-likeness (QED) is 0.846. The molecule has 2 unspecified atom stereocenters. The maximum absolute atomic E-state index is 9.69.